The number of aliphatic hydroxyl groups is 4. The maximum Gasteiger partial charge on any atom is 0.337 e. The highest BCUT2D eigenvalue weighted by atomic mass is 16.6. The molecule has 2 bridgehead atoms. The van der Waals surface area contributed by atoms with E-state index in [0.717, 1.165) is 0 Å². The van der Waals surface area contributed by atoms with Crippen molar-refractivity contribution in [1.29, 1.82) is 0 Å². The van der Waals surface area contributed by atoms with Crippen molar-refractivity contribution < 1.29 is 44.3 Å². The minimum absolute atomic E-state index is 0.0437. The van der Waals surface area contributed by atoms with Gasteiger partial charge in [0.15, 0.2) is 11.9 Å². The number of nitrogens with one attached hydrogen (secondary N) is 1. The van der Waals surface area contributed by atoms with E-state index >= 15 is 0 Å². The van der Waals surface area contributed by atoms with Gasteiger partial charge in [0.25, 0.3) is 7.41 Å². The van der Waals surface area contributed by atoms with Crippen molar-refractivity contribution in [3.8, 4) is 0 Å². The van der Waals surface area contributed by atoms with Crippen LogP contribution in [-0.4, -0.2) is 88.5 Å². The molecule has 1 saturated heterocycles. The van der Waals surface area contributed by atoms with Gasteiger partial charge < -0.3 is 39.9 Å². The van der Waals surface area contributed by atoms with Crippen molar-refractivity contribution >= 4 is 25.4 Å². The summed E-state index contributed by atoms with van der Waals surface area (Å²) >= 11 is 0. The maximum atomic E-state index is 14.3. The molecule has 0 unspecified atom stereocenters. The van der Waals surface area contributed by atoms with Gasteiger partial charge in [0.05, 0.1) is 42.1 Å². The molecule has 5 N–H and O–H groups in total. The largest absolute Gasteiger partial charge is 0.456 e. The van der Waals surface area contributed by atoms with E-state index in [1.54, 1.807) is 58.0 Å². The van der Waals surface area contributed by atoms with Gasteiger partial charge in [-0.1, -0.05) is 58.0 Å². The summed E-state index contributed by atoms with van der Waals surface area (Å²) in [5.74, 6) is -2.63. The van der Waals surface area contributed by atoms with E-state index in [1.807, 2.05) is 13.8 Å². The van der Waals surface area contributed by atoms with Crippen molar-refractivity contribution in [3.05, 3.63) is 47.0 Å². The van der Waals surface area contributed by atoms with Gasteiger partial charge in [-0.15, -0.1) is 0 Å². The van der Waals surface area contributed by atoms with Gasteiger partial charge in [-0.05, 0) is 42.4 Å². The van der Waals surface area contributed by atoms with Gasteiger partial charge in [-0.3, -0.25) is 4.79 Å². The summed E-state index contributed by atoms with van der Waals surface area (Å²) in [5, 5.41) is 49.9. The minimum atomic E-state index is -1.69. The molecule has 0 aromatic heterocycles. The van der Waals surface area contributed by atoms with Crippen LogP contribution in [0.4, 0.5) is 0 Å². The van der Waals surface area contributed by atoms with E-state index in [4.69, 9.17) is 9.47 Å². The normalized spacial score (nSPS) is 41.4. The predicted molar refractivity (Wildman–Crippen MR) is 158 cm³/mol. The predicted octanol–water partition coefficient (Wildman–Crippen LogP) is 0.981. The van der Waals surface area contributed by atoms with Crippen molar-refractivity contribution in [1.82, 2.24) is 5.23 Å². The monoisotopic (exact) mass is 597 g/mol. The van der Waals surface area contributed by atoms with Crippen LogP contribution in [0, 0.1) is 28.1 Å². The van der Waals surface area contributed by atoms with Gasteiger partial charge >= 0.3 is 5.97 Å². The van der Waals surface area contributed by atoms with Crippen LogP contribution < -0.4 is 5.23 Å². The van der Waals surface area contributed by atoms with Gasteiger partial charge in [0.1, 0.15) is 12.2 Å². The second-order valence-electron chi connectivity index (χ2n) is 14.1. The van der Waals surface area contributed by atoms with Gasteiger partial charge in [0, 0.05) is 23.7 Å². The molecule has 1 aromatic carbocycles. The third-order valence-corrected chi connectivity index (χ3v) is 11.7. The molecule has 3 aliphatic carbocycles. The number of hydrogen-bond donors (Lipinski definition) is 5. The number of rotatable bonds is 7. The number of fused-ring (bicyclic) bond motifs is 5. The molecule has 10 nitrogen and oxygen atoms in total. The Morgan fingerprint density at radius 1 is 1.19 bits per heavy atom. The first-order chi connectivity index (χ1) is 20.1. The zero-order valence-corrected chi connectivity index (χ0v) is 25.7. The molecular formula is C32H44BNO9. The fourth-order valence-electron chi connectivity index (χ4n) is 9.17. The Morgan fingerprint density at radius 3 is 2.42 bits per heavy atom. The fraction of sp³-hybridized carbons (Fsp3) is 0.656. The summed E-state index contributed by atoms with van der Waals surface area (Å²) < 4.78 is 11.7. The average Bonchev–Trinajstić information content (AvgIpc) is 2.96. The Morgan fingerprint density at radius 2 is 1.84 bits per heavy atom. The standard InChI is InChI=1S/C32H44BNO9/c1-16-19(43-28(40)25(38)23(34-33-15-35)18-10-8-7-9-11-18)13-32(41)17(2)26-30(5)14-42-21(30)12-20(36)31(26,6)27(39)24(37)22(16)29(32,3)4/h7-11,15,17,19-21,23-26,33-34,36-38,41H,12-14H2,1-6H3/t17-,19-,20-,21+,23-,24+,25+,26+,30+,31+,32+/m0/s1. The topological polar surface area (TPSA) is 163 Å². The zero-order chi connectivity index (χ0) is 31.7. The number of benzene rings is 1. The van der Waals surface area contributed by atoms with Crippen LogP contribution >= 0.6 is 0 Å². The van der Waals surface area contributed by atoms with E-state index in [0.29, 0.717) is 23.9 Å². The molecule has 0 spiro atoms. The van der Waals surface area contributed by atoms with Crippen LogP contribution in [0.3, 0.4) is 0 Å². The molecule has 3 fully saturated rings. The van der Waals surface area contributed by atoms with Crippen molar-refractivity contribution in [2.45, 2.75) is 96.5 Å². The highest BCUT2D eigenvalue weighted by Crippen LogP contribution is 2.66. The number of hydrogen-bond acceptors (Lipinski definition) is 10. The number of Topliss-reactive ketones (excluding diaryl/α,β-unsaturated/α-hetero) is 1. The van der Waals surface area contributed by atoms with Crippen molar-refractivity contribution in [3.63, 3.8) is 0 Å². The third-order valence-electron chi connectivity index (χ3n) is 11.7. The molecule has 1 aromatic rings. The number of ether oxygens (including phenoxy) is 2. The molecule has 43 heavy (non-hydrogen) atoms. The Kier molecular flexibility index (Phi) is 8.10. The third kappa shape index (κ3) is 4.49. The van der Waals surface area contributed by atoms with E-state index in [9.17, 15) is 34.8 Å². The first-order valence-electron chi connectivity index (χ1n) is 15.1. The Hall–Kier alpha value is -2.41. The van der Waals surface area contributed by atoms with Gasteiger partial charge in [0.2, 0.25) is 0 Å². The molecule has 4 aliphatic rings. The van der Waals surface area contributed by atoms with Crippen LogP contribution in [0.15, 0.2) is 41.5 Å². The summed E-state index contributed by atoms with van der Waals surface area (Å²) in [4.78, 5) is 38.9. The zero-order valence-electron chi connectivity index (χ0n) is 25.7. The lowest BCUT2D eigenvalue weighted by Gasteiger charge is -2.68. The summed E-state index contributed by atoms with van der Waals surface area (Å²) in [6.45, 7) is 11.2. The lowest BCUT2D eigenvalue weighted by atomic mass is 9.40. The smallest absolute Gasteiger partial charge is 0.337 e. The maximum absolute atomic E-state index is 14.3. The van der Waals surface area contributed by atoms with Crippen molar-refractivity contribution in [2.75, 3.05) is 6.61 Å². The van der Waals surface area contributed by atoms with Crippen LogP contribution in [0.25, 0.3) is 0 Å². The minimum Gasteiger partial charge on any atom is -0.456 e. The van der Waals surface area contributed by atoms with Crippen molar-refractivity contribution in [2.24, 2.45) is 28.1 Å². The van der Waals surface area contributed by atoms with Crippen LogP contribution in [0.1, 0.15) is 66.0 Å². The summed E-state index contributed by atoms with van der Waals surface area (Å²) in [5.41, 5.74) is -3.32. The van der Waals surface area contributed by atoms with Crippen LogP contribution in [0.5, 0.6) is 0 Å². The highest BCUT2D eigenvalue weighted by molar-refractivity contribution is 6.64. The SMILES string of the molecule is CC1=C2[C@@H](O)C(=O)[C@@]3(C)[C@H]([C@H](C)[C@](O)(C[C@@H]1OC(=O)[C@H](O)[C@@H](NBC=O)c1ccccc1)C2(C)C)[C@]1(C)CO[C@@H]1C[C@@H]3O. The quantitative estimate of drug-likeness (QED) is 0.133. The lowest BCUT2D eigenvalue weighted by Crippen LogP contribution is -2.75. The molecular weight excluding hydrogens is 553 g/mol. The molecule has 0 amide bonds. The number of aliphatic hydroxyl groups excluding tert-OH is 3. The average molecular weight is 598 g/mol. The Bertz CT molecular complexity index is 1320. The highest BCUT2D eigenvalue weighted by Gasteiger charge is 2.72. The first kappa shape index (κ1) is 32.0. The number of carbonyl (C=O) groups is 3. The number of esters is 1. The van der Waals surface area contributed by atoms with E-state index in [2.05, 4.69) is 5.23 Å². The number of carbonyl (C=O) groups excluding carboxylic acids is 3. The summed E-state index contributed by atoms with van der Waals surface area (Å²) in [7, 11) is -0.106. The van der Waals surface area contributed by atoms with E-state index in [-0.39, 0.29) is 31.9 Å². The molecule has 234 valence electrons. The molecule has 1 heterocycles. The second-order valence-corrected chi connectivity index (χ2v) is 14.1. The molecule has 5 rings (SSSR count). The second kappa shape index (κ2) is 10.9. The van der Waals surface area contributed by atoms with Crippen LogP contribution in [-0.2, 0) is 23.9 Å². The summed E-state index contributed by atoms with van der Waals surface area (Å²) in [6, 6.07) is 7.78. The fourth-order valence-corrected chi connectivity index (χ4v) is 9.17. The molecule has 2 saturated carbocycles. The molecule has 11 atom stereocenters. The van der Waals surface area contributed by atoms with E-state index < -0.39 is 75.9 Å². The van der Waals surface area contributed by atoms with E-state index in [1.165, 1.54) is 0 Å². The molecule has 0 radical (unpaired) electrons. The van der Waals surface area contributed by atoms with Gasteiger partial charge in [-0.25, -0.2) is 4.79 Å². The van der Waals surface area contributed by atoms with Crippen LogP contribution in [0.2, 0.25) is 0 Å². The molecule has 11 heteroatoms. The van der Waals surface area contributed by atoms with Gasteiger partial charge in [-0.2, -0.15) is 0 Å². The summed E-state index contributed by atoms with van der Waals surface area (Å²) in [6.07, 6.45) is -4.94. The Balaban J connectivity index is 1.56. The molecule has 1 aliphatic heterocycles. The Labute approximate surface area is 253 Å². The lowest BCUT2D eigenvalue weighted by molar-refractivity contribution is -0.302. The first-order valence-corrected chi connectivity index (χ1v) is 15.1. The number of ketones is 1.